The van der Waals surface area contributed by atoms with Gasteiger partial charge in [0.1, 0.15) is 0 Å². The third-order valence-electron chi connectivity index (χ3n) is 3.53. The Morgan fingerprint density at radius 1 is 1.21 bits per heavy atom. The van der Waals surface area contributed by atoms with Crippen LogP contribution < -0.4 is 0 Å². The topological polar surface area (TPSA) is 85.5 Å². The van der Waals surface area contributed by atoms with Gasteiger partial charge in [0, 0.05) is 19.0 Å². The van der Waals surface area contributed by atoms with Gasteiger partial charge in [-0.25, -0.2) is 4.79 Å². The second-order valence-electron chi connectivity index (χ2n) is 5.75. The summed E-state index contributed by atoms with van der Waals surface area (Å²) in [6.45, 7) is -0.131. The Bertz CT molecular complexity index is 987. The van der Waals surface area contributed by atoms with Crippen LogP contribution in [-0.2, 0) is 16.1 Å². The molecule has 0 spiro atoms. The lowest BCUT2D eigenvalue weighted by Crippen LogP contribution is -2.23. The van der Waals surface area contributed by atoms with Crippen LogP contribution in [0.3, 0.4) is 0 Å². The van der Waals surface area contributed by atoms with Crippen molar-refractivity contribution in [1.29, 1.82) is 0 Å². The Morgan fingerprint density at radius 3 is 2.71 bits per heavy atom. The highest BCUT2D eigenvalue weighted by Gasteiger charge is 2.17. The molecule has 0 N–H and O–H groups in total. The molecule has 2 heterocycles. The van der Waals surface area contributed by atoms with Crippen LogP contribution >= 0.6 is 39.0 Å². The van der Waals surface area contributed by atoms with Crippen molar-refractivity contribution in [3.05, 3.63) is 51.6 Å². The van der Waals surface area contributed by atoms with Gasteiger partial charge in [-0.1, -0.05) is 12.1 Å². The predicted octanol–water partition coefficient (Wildman–Crippen LogP) is 4.10. The molecule has 10 heteroatoms. The third-order valence-corrected chi connectivity index (χ3v) is 6.20. The summed E-state index contributed by atoms with van der Waals surface area (Å²) in [4.78, 5) is 27.3. The number of amides is 1. The zero-order valence-corrected chi connectivity index (χ0v) is 18.3. The van der Waals surface area contributed by atoms with Gasteiger partial charge in [0.15, 0.2) is 6.61 Å². The van der Waals surface area contributed by atoms with Crippen molar-refractivity contribution in [1.82, 2.24) is 15.1 Å². The van der Waals surface area contributed by atoms with Gasteiger partial charge in [0.25, 0.3) is 11.8 Å². The molecule has 1 amide bonds. The molecule has 28 heavy (non-hydrogen) atoms. The molecule has 0 atom stereocenters. The van der Waals surface area contributed by atoms with Crippen molar-refractivity contribution in [2.45, 2.75) is 11.5 Å². The Labute approximate surface area is 178 Å². The number of hydrogen-bond acceptors (Lipinski definition) is 8. The van der Waals surface area contributed by atoms with Gasteiger partial charge in [-0.3, -0.25) is 4.79 Å². The normalized spacial score (nSPS) is 10.7. The van der Waals surface area contributed by atoms with Crippen LogP contribution in [0.4, 0.5) is 0 Å². The van der Waals surface area contributed by atoms with Crippen LogP contribution in [-0.4, -0.2) is 46.8 Å². The SMILES string of the molecule is CN(C)C(=O)CSc1ccccc1C(=O)OCc1nnc(-c2ccc(Br)s2)o1. The van der Waals surface area contributed by atoms with Crippen molar-refractivity contribution in [3.8, 4) is 10.8 Å². The molecule has 0 radical (unpaired) electrons. The summed E-state index contributed by atoms with van der Waals surface area (Å²) in [5, 5.41) is 7.88. The highest BCUT2D eigenvalue weighted by atomic mass is 79.9. The molecule has 0 aliphatic rings. The first-order valence-electron chi connectivity index (χ1n) is 8.11. The van der Waals surface area contributed by atoms with Crippen LogP contribution in [0.25, 0.3) is 10.8 Å². The van der Waals surface area contributed by atoms with E-state index in [2.05, 4.69) is 26.1 Å². The summed E-state index contributed by atoms with van der Waals surface area (Å²) < 4.78 is 11.8. The van der Waals surface area contributed by atoms with E-state index in [4.69, 9.17) is 9.15 Å². The Hall–Kier alpha value is -2.17. The average Bonchev–Trinajstić information content (AvgIpc) is 3.33. The first kappa shape index (κ1) is 20.6. The molecule has 0 fully saturated rings. The first-order valence-corrected chi connectivity index (χ1v) is 10.7. The number of thioether (sulfide) groups is 1. The number of carbonyl (C=O) groups is 2. The molecule has 0 bridgehead atoms. The number of rotatable bonds is 7. The zero-order chi connectivity index (χ0) is 20.1. The summed E-state index contributed by atoms with van der Waals surface area (Å²) in [5.74, 6) is 0.271. The van der Waals surface area contributed by atoms with Crippen LogP contribution in [0.5, 0.6) is 0 Å². The lowest BCUT2D eigenvalue weighted by Gasteiger charge is -2.11. The predicted molar refractivity (Wildman–Crippen MR) is 110 cm³/mol. The molecule has 2 aromatic heterocycles. The molecule has 0 saturated carbocycles. The van der Waals surface area contributed by atoms with Crippen molar-refractivity contribution in [3.63, 3.8) is 0 Å². The summed E-state index contributed by atoms with van der Waals surface area (Å²) in [6.07, 6.45) is 0. The average molecular weight is 482 g/mol. The van der Waals surface area contributed by atoms with Crippen molar-refractivity contribution in [2.75, 3.05) is 19.8 Å². The maximum Gasteiger partial charge on any atom is 0.339 e. The Morgan fingerprint density at radius 2 is 2.00 bits per heavy atom. The molecule has 0 aliphatic heterocycles. The Balaban J connectivity index is 1.62. The quantitative estimate of drug-likeness (QED) is 0.370. The lowest BCUT2D eigenvalue weighted by molar-refractivity contribution is -0.125. The van der Waals surface area contributed by atoms with Gasteiger partial charge in [0.2, 0.25) is 5.91 Å². The van der Waals surface area contributed by atoms with E-state index in [1.807, 2.05) is 18.2 Å². The summed E-state index contributed by atoms with van der Waals surface area (Å²) >= 11 is 6.14. The number of aromatic nitrogens is 2. The molecule has 3 aromatic rings. The number of nitrogens with zero attached hydrogens (tertiary/aromatic N) is 3. The van der Waals surface area contributed by atoms with Crippen LogP contribution in [0, 0.1) is 0 Å². The van der Waals surface area contributed by atoms with E-state index >= 15 is 0 Å². The minimum Gasteiger partial charge on any atom is -0.452 e. The van der Waals surface area contributed by atoms with Gasteiger partial charge in [-0.05, 0) is 40.2 Å². The van der Waals surface area contributed by atoms with E-state index in [1.54, 1.807) is 32.3 Å². The van der Waals surface area contributed by atoms with Crippen molar-refractivity contribution < 1.29 is 18.7 Å². The smallest absolute Gasteiger partial charge is 0.339 e. The fraction of sp³-hybridized carbons (Fsp3) is 0.222. The number of benzene rings is 1. The molecule has 1 aromatic carbocycles. The molecule has 146 valence electrons. The minimum absolute atomic E-state index is 0.0354. The number of carbonyl (C=O) groups excluding carboxylic acids is 2. The van der Waals surface area contributed by atoms with Crippen molar-refractivity contribution >= 4 is 50.9 Å². The van der Waals surface area contributed by atoms with Crippen molar-refractivity contribution in [2.24, 2.45) is 0 Å². The Kier molecular flexibility index (Phi) is 6.87. The van der Waals surface area contributed by atoms with E-state index in [1.165, 1.54) is 28.0 Å². The molecular formula is C18H16BrN3O4S2. The second kappa shape index (κ2) is 9.35. The van der Waals surface area contributed by atoms with Crippen LogP contribution in [0.2, 0.25) is 0 Å². The third kappa shape index (κ3) is 5.21. The van der Waals surface area contributed by atoms with Gasteiger partial charge in [-0.2, -0.15) is 0 Å². The number of hydrogen-bond donors (Lipinski definition) is 0. The molecular weight excluding hydrogens is 466 g/mol. The summed E-state index contributed by atoms with van der Waals surface area (Å²) in [7, 11) is 3.38. The fourth-order valence-corrected chi connectivity index (χ4v) is 4.40. The number of halogens is 1. The van der Waals surface area contributed by atoms with Gasteiger partial charge in [-0.15, -0.1) is 33.3 Å². The van der Waals surface area contributed by atoms with E-state index in [0.29, 0.717) is 16.3 Å². The summed E-state index contributed by atoms with van der Waals surface area (Å²) in [6, 6.07) is 10.7. The first-order chi connectivity index (χ1) is 13.4. The largest absolute Gasteiger partial charge is 0.452 e. The minimum atomic E-state index is -0.515. The maximum absolute atomic E-state index is 12.5. The molecule has 0 unspecified atom stereocenters. The van der Waals surface area contributed by atoms with Crippen LogP contribution in [0.1, 0.15) is 16.2 Å². The zero-order valence-electron chi connectivity index (χ0n) is 15.0. The summed E-state index contributed by atoms with van der Waals surface area (Å²) in [5.41, 5.74) is 0.390. The van der Waals surface area contributed by atoms with E-state index in [0.717, 1.165) is 8.66 Å². The van der Waals surface area contributed by atoms with E-state index < -0.39 is 5.97 Å². The highest BCUT2D eigenvalue weighted by Crippen LogP contribution is 2.30. The lowest BCUT2D eigenvalue weighted by atomic mass is 10.2. The fourth-order valence-electron chi connectivity index (χ4n) is 2.08. The second-order valence-corrected chi connectivity index (χ2v) is 9.23. The number of ether oxygens (including phenoxy) is 1. The van der Waals surface area contributed by atoms with E-state index in [9.17, 15) is 9.59 Å². The van der Waals surface area contributed by atoms with Gasteiger partial charge < -0.3 is 14.1 Å². The molecule has 0 aliphatic carbocycles. The van der Waals surface area contributed by atoms with Crippen LogP contribution in [0.15, 0.2) is 49.5 Å². The van der Waals surface area contributed by atoms with Gasteiger partial charge in [0.05, 0.1) is 20.0 Å². The standard InChI is InChI=1S/C18H16BrN3O4S2/c1-22(2)16(23)10-27-12-6-4-3-5-11(12)18(24)25-9-15-20-21-17(26-15)13-7-8-14(19)28-13/h3-8H,9-10H2,1-2H3. The number of thiophene rings is 1. The molecule has 0 saturated heterocycles. The van der Waals surface area contributed by atoms with Gasteiger partial charge >= 0.3 is 5.97 Å². The highest BCUT2D eigenvalue weighted by molar-refractivity contribution is 9.11. The van der Waals surface area contributed by atoms with E-state index in [-0.39, 0.29) is 24.2 Å². The molecule has 7 nitrogen and oxygen atoms in total. The number of esters is 1. The maximum atomic E-state index is 12.5. The monoisotopic (exact) mass is 481 g/mol. The molecule has 3 rings (SSSR count).